The number of azo groups is 1. The molecule has 1 aliphatic carbocycles. The van der Waals surface area contributed by atoms with Crippen LogP contribution in [0.15, 0.2) is 22.0 Å². The number of ketones is 1. The zero-order valence-electron chi connectivity index (χ0n) is 8.61. The summed E-state index contributed by atoms with van der Waals surface area (Å²) in [6.07, 6.45) is 8.38. The Balaban J connectivity index is 1.94. The molecule has 0 spiro atoms. The Morgan fingerprint density at radius 2 is 1.87 bits per heavy atom. The number of amides is 1. The topological polar surface area (TPSA) is 58.9 Å². The van der Waals surface area contributed by atoms with Gasteiger partial charge in [-0.1, -0.05) is 32.1 Å². The molecule has 1 saturated carbocycles. The lowest BCUT2D eigenvalue weighted by atomic mass is 9.86. The third kappa shape index (κ3) is 2.58. The van der Waals surface area contributed by atoms with Gasteiger partial charge in [0.2, 0.25) is 5.78 Å². The summed E-state index contributed by atoms with van der Waals surface area (Å²) in [6.45, 7) is 0. The smallest absolute Gasteiger partial charge is 0.284 e. The van der Waals surface area contributed by atoms with E-state index in [2.05, 4.69) is 10.2 Å². The minimum absolute atomic E-state index is 0.532. The van der Waals surface area contributed by atoms with Crippen molar-refractivity contribution < 1.29 is 9.59 Å². The molecule has 0 aromatic rings. The molecule has 2 rings (SSSR count). The summed E-state index contributed by atoms with van der Waals surface area (Å²) < 4.78 is 0. The van der Waals surface area contributed by atoms with Crippen molar-refractivity contribution in [1.82, 2.24) is 0 Å². The summed E-state index contributed by atoms with van der Waals surface area (Å²) in [5.74, 6) is -0.664. The van der Waals surface area contributed by atoms with Crippen LogP contribution in [0.25, 0.3) is 0 Å². The number of allylic oxidation sites excluding steroid dienone is 1. The molecular formula is C11H14N2O2. The number of carbonyl (C=O) groups excluding carboxylic acids is 2. The van der Waals surface area contributed by atoms with Crippen LogP contribution in [-0.2, 0) is 9.59 Å². The van der Waals surface area contributed by atoms with Crippen molar-refractivity contribution >= 4 is 11.7 Å². The van der Waals surface area contributed by atoms with Crippen LogP contribution in [0.5, 0.6) is 0 Å². The fourth-order valence-electron chi connectivity index (χ4n) is 2.19. The van der Waals surface area contributed by atoms with Crippen molar-refractivity contribution in [3.05, 3.63) is 11.8 Å². The van der Waals surface area contributed by atoms with Crippen LogP contribution in [0.3, 0.4) is 0 Å². The van der Waals surface area contributed by atoms with E-state index < -0.39 is 11.7 Å². The first-order chi connectivity index (χ1) is 7.25. The molecule has 1 heterocycles. The molecule has 0 unspecified atom stereocenters. The number of nitrogens with zero attached hydrogens (tertiary/aromatic N) is 2. The highest BCUT2D eigenvalue weighted by Gasteiger charge is 2.20. The van der Waals surface area contributed by atoms with E-state index in [1.54, 1.807) is 0 Å². The maximum atomic E-state index is 11.1. The van der Waals surface area contributed by atoms with E-state index >= 15 is 0 Å². The molecule has 0 N–H and O–H groups in total. The standard InChI is InChI=1S/C11H14N2O2/c14-10-7-9(12-13-11(10)15)6-8-4-2-1-3-5-8/h7-8H,1-6H2. The third-order valence-corrected chi connectivity index (χ3v) is 3.00. The average molecular weight is 206 g/mol. The molecule has 80 valence electrons. The van der Waals surface area contributed by atoms with Gasteiger partial charge in [-0.05, 0) is 12.3 Å². The Kier molecular flexibility index (Phi) is 3.04. The summed E-state index contributed by atoms with van der Waals surface area (Å²) in [7, 11) is 0. The molecule has 4 nitrogen and oxygen atoms in total. The lowest BCUT2D eigenvalue weighted by Gasteiger charge is -2.21. The van der Waals surface area contributed by atoms with E-state index in [0.717, 1.165) is 6.42 Å². The molecule has 0 bridgehead atoms. The molecule has 0 aromatic carbocycles. The van der Waals surface area contributed by atoms with Crippen LogP contribution < -0.4 is 0 Å². The zero-order valence-corrected chi connectivity index (χ0v) is 8.61. The predicted octanol–water partition coefficient (Wildman–Crippen LogP) is 2.40. The second-order valence-corrected chi connectivity index (χ2v) is 4.21. The minimum atomic E-state index is -0.748. The van der Waals surface area contributed by atoms with Gasteiger partial charge in [0, 0.05) is 6.08 Å². The van der Waals surface area contributed by atoms with Gasteiger partial charge in [-0.15, -0.1) is 5.11 Å². The SMILES string of the molecule is O=C1C=C(CC2CCCCC2)N=NC1=O. The van der Waals surface area contributed by atoms with E-state index in [0.29, 0.717) is 11.6 Å². The van der Waals surface area contributed by atoms with Crippen molar-refractivity contribution in [1.29, 1.82) is 0 Å². The third-order valence-electron chi connectivity index (χ3n) is 3.00. The van der Waals surface area contributed by atoms with Gasteiger partial charge in [0.25, 0.3) is 0 Å². The number of carbonyl (C=O) groups is 2. The van der Waals surface area contributed by atoms with Gasteiger partial charge in [0.15, 0.2) is 0 Å². The van der Waals surface area contributed by atoms with Crippen molar-refractivity contribution in [2.24, 2.45) is 16.1 Å². The average Bonchev–Trinajstić information content (AvgIpc) is 2.25. The molecule has 4 heteroatoms. The Morgan fingerprint density at radius 3 is 2.53 bits per heavy atom. The number of rotatable bonds is 2. The van der Waals surface area contributed by atoms with E-state index in [-0.39, 0.29) is 0 Å². The molecule has 15 heavy (non-hydrogen) atoms. The Hall–Kier alpha value is -1.32. The van der Waals surface area contributed by atoms with Crippen LogP contribution >= 0.6 is 0 Å². The first kappa shape index (κ1) is 10.2. The highest BCUT2D eigenvalue weighted by Crippen LogP contribution is 2.29. The maximum absolute atomic E-state index is 11.1. The largest absolute Gasteiger partial charge is 0.335 e. The first-order valence-corrected chi connectivity index (χ1v) is 5.46. The van der Waals surface area contributed by atoms with Crippen LogP contribution in [0, 0.1) is 5.92 Å². The number of hydrogen-bond acceptors (Lipinski definition) is 3. The summed E-state index contributed by atoms with van der Waals surface area (Å²) >= 11 is 0. The Labute approximate surface area is 88.5 Å². The van der Waals surface area contributed by atoms with E-state index in [1.165, 1.54) is 38.2 Å². The van der Waals surface area contributed by atoms with Crippen molar-refractivity contribution in [2.75, 3.05) is 0 Å². The summed E-state index contributed by atoms with van der Waals surface area (Å²) in [4.78, 5) is 21.8. The van der Waals surface area contributed by atoms with Crippen LogP contribution in [-0.4, -0.2) is 11.7 Å². The minimum Gasteiger partial charge on any atom is -0.284 e. The van der Waals surface area contributed by atoms with Gasteiger partial charge in [0.1, 0.15) is 0 Å². The van der Waals surface area contributed by atoms with Gasteiger partial charge in [-0.25, -0.2) is 0 Å². The van der Waals surface area contributed by atoms with E-state index in [1.807, 2.05) is 0 Å². The van der Waals surface area contributed by atoms with E-state index in [9.17, 15) is 9.59 Å². The fourth-order valence-corrected chi connectivity index (χ4v) is 2.19. The first-order valence-electron chi connectivity index (χ1n) is 5.46. The van der Waals surface area contributed by atoms with Gasteiger partial charge in [-0.3, -0.25) is 9.59 Å². The molecule has 1 aliphatic heterocycles. The normalized spacial score (nSPS) is 23.1. The predicted molar refractivity (Wildman–Crippen MR) is 54.1 cm³/mol. The molecule has 0 saturated heterocycles. The molecule has 1 fully saturated rings. The second kappa shape index (κ2) is 4.47. The van der Waals surface area contributed by atoms with Crippen molar-refractivity contribution in [3.63, 3.8) is 0 Å². The molecule has 1 amide bonds. The molecule has 2 aliphatic rings. The molecule has 0 aromatic heterocycles. The lowest BCUT2D eigenvalue weighted by Crippen LogP contribution is -2.13. The molecule has 0 atom stereocenters. The fraction of sp³-hybridized carbons (Fsp3) is 0.636. The summed E-state index contributed by atoms with van der Waals surface area (Å²) in [5.41, 5.74) is 0.673. The van der Waals surface area contributed by atoms with Gasteiger partial charge >= 0.3 is 5.91 Å². The summed E-state index contributed by atoms with van der Waals surface area (Å²) in [6, 6.07) is 0. The summed E-state index contributed by atoms with van der Waals surface area (Å²) in [5, 5.41) is 7.10. The molecule has 0 radical (unpaired) electrons. The maximum Gasteiger partial charge on any atom is 0.335 e. The van der Waals surface area contributed by atoms with Gasteiger partial charge in [0.05, 0.1) is 5.70 Å². The van der Waals surface area contributed by atoms with Crippen molar-refractivity contribution in [3.8, 4) is 0 Å². The quantitative estimate of drug-likeness (QED) is 0.651. The van der Waals surface area contributed by atoms with Crippen LogP contribution in [0.2, 0.25) is 0 Å². The van der Waals surface area contributed by atoms with Crippen LogP contribution in [0.4, 0.5) is 0 Å². The zero-order chi connectivity index (χ0) is 10.7. The van der Waals surface area contributed by atoms with E-state index in [4.69, 9.17) is 0 Å². The Morgan fingerprint density at radius 1 is 1.13 bits per heavy atom. The van der Waals surface area contributed by atoms with Gasteiger partial charge in [-0.2, -0.15) is 5.11 Å². The Bertz CT molecular complexity index is 338. The molecular weight excluding hydrogens is 192 g/mol. The monoisotopic (exact) mass is 206 g/mol. The highest BCUT2D eigenvalue weighted by atomic mass is 16.2. The highest BCUT2D eigenvalue weighted by molar-refractivity contribution is 6.41. The number of hydrogen-bond donors (Lipinski definition) is 0. The van der Waals surface area contributed by atoms with Crippen molar-refractivity contribution in [2.45, 2.75) is 38.5 Å². The lowest BCUT2D eigenvalue weighted by molar-refractivity contribution is -0.133. The second-order valence-electron chi connectivity index (χ2n) is 4.21. The van der Waals surface area contributed by atoms with Crippen LogP contribution in [0.1, 0.15) is 38.5 Å². The van der Waals surface area contributed by atoms with Gasteiger partial charge < -0.3 is 0 Å².